The monoisotopic (exact) mass is 354 g/mol. The van der Waals surface area contributed by atoms with Gasteiger partial charge in [-0.25, -0.2) is 0 Å². The molecule has 4 nitrogen and oxygen atoms in total. The van der Waals surface area contributed by atoms with Crippen LogP contribution >= 0.6 is 15.9 Å². The number of ether oxygens (including phenoxy) is 1. The van der Waals surface area contributed by atoms with Crippen molar-refractivity contribution in [1.29, 1.82) is 0 Å². The number of hydrogen-bond acceptors (Lipinski definition) is 4. The zero-order valence-electron chi connectivity index (χ0n) is 11.0. The molecule has 6 heteroatoms. The summed E-state index contributed by atoms with van der Waals surface area (Å²) in [4.78, 5) is 4.66. The maximum absolute atomic E-state index is 12.4. The molecule has 0 aliphatic heterocycles. The summed E-state index contributed by atoms with van der Waals surface area (Å²) in [5, 5.41) is 0. The van der Waals surface area contributed by atoms with Crippen molar-refractivity contribution in [3.05, 3.63) is 46.7 Å². The van der Waals surface area contributed by atoms with Crippen LogP contribution in [0.15, 0.2) is 46.0 Å². The van der Waals surface area contributed by atoms with Gasteiger partial charge in [0, 0.05) is 22.6 Å². The highest BCUT2D eigenvalue weighted by atomic mass is 79.9. The van der Waals surface area contributed by atoms with E-state index in [0.717, 1.165) is 10.0 Å². The topological polar surface area (TPSA) is 65.2 Å². The van der Waals surface area contributed by atoms with Crippen molar-refractivity contribution >= 4 is 32.4 Å². The molecule has 2 N–H and O–H groups in total. The Hall–Kier alpha value is -1.40. The first kappa shape index (κ1) is 15.0. The predicted molar refractivity (Wildman–Crippen MR) is 84.1 cm³/mol. The van der Waals surface area contributed by atoms with Crippen molar-refractivity contribution in [2.75, 3.05) is 12.3 Å². The van der Waals surface area contributed by atoms with Crippen LogP contribution in [0.25, 0.3) is 0 Å². The van der Waals surface area contributed by atoms with Crippen LogP contribution in [0.4, 0.5) is 5.69 Å². The van der Waals surface area contributed by atoms with E-state index in [4.69, 9.17) is 10.5 Å². The van der Waals surface area contributed by atoms with Crippen LogP contribution < -0.4 is 10.5 Å². The number of anilines is 1. The Morgan fingerprint density at radius 3 is 2.85 bits per heavy atom. The predicted octanol–water partition coefficient (Wildman–Crippen LogP) is 3.13. The van der Waals surface area contributed by atoms with Gasteiger partial charge < -0.3 is 10.5 Å². The first-order chi connectivity index (χ1) is 9.60. The van der Waals surface area contributed by atoms with Crippen molar-refractivity contribution in [3.63, 3.8) is 0 Å². The lowest BCUT2D eigenvalue weighted by atomic mass is 10.3. The normalized spacial score (nSPS) is 12.1. The average molecular weight is 355 g/mol. The highest BCUT2D eigenvalue weighted by molar-refractivity contribution is 9.10. The molecule has 0 saturated heterocycles. The van der Waals surface area contributed by atoms with Gasteiger partial charge in [-0.1, -0.05) is 0 Å². The SMILES string of the molecule is CCOc1ccc(N)c(S(=O)Cc2cncc(Br)c2)c1. The molecular formula is C14H15BrN2O2S. The van der Waals surface area contributed by atoms with Gasteiger partial charge in [0.05, 0.1) is 28.1 Å². The third-order valence-corrected chi connectivity index (χ3v) is 4.47. The molecule has 0 aliphatic rings. The largest absolute Gasteiger partial charge is 0.494 e. The fourth-order valence-corrected chi connectivity index (χ4v) is 3.34. The van der Waals surface area contributed by atoms with Crippen LogP contribution in [-0.4, -0.2) is 15.8 Å². The Kier molecular flexibility index (Phi) is 5.14. The van der Waals surface area contributed by atoms with E-state index in [1.54, 1.807) is 30.6 Å². The number of benzene rings is 1. The summed E-state index contributed by atoms with van der Waals surface area (Å²) in [6.07, 6.45) is 3.39. The Morgan fingerprint density at radius 1 is 1.35 bits per heavy atom. The zero-order chi connectivity index (χ0) is 14.5. The molecule has 20 heavy (non-hydrogen) atoms. The van der Waals surface area contributed by atoms with Crippen LogP contribution in [-0.2, 0) is 16.6 Å². The van der Waals surface area contributed by atoms with E-state index >= 15 is 0 Å². The van der Waals surface area contributed by atoms with Crippen molar-refractivity contribution in [1.82, 2.24) is 4.98 Å². The van der Waals surface area contributed by atoms with Crippen LogP contribution in [0.1, 0.15) is 12.5 Å². The lowest BCUT2D eigenvalue weighted by Crippen LogP contribution is -2.02. The maximum atomic E-state index is 12.4. The first-order valence-electron chi connectivity index (χ1n) is 6.10. The number of rotatable bonds is 5. The van der Waals surface area contributed by atoms with Crippen LogP contribution in [0.5, 0.6) is 5.75 Å². The maximum Gasteiger partial charge on any atom is 0.120 e. The molecule has 0 spiro atoms. The molecule has 0 radical (unpaired) electrons. The van der Waals surface area contributed by atoms with Gasteiger partial charge in [0.2, 0.25) is 0 Å². The summed E-state index contributed by atoms with van der Waals surface area (Å²) in [6, 6.07) is 7.13. The lowest BCUT2D eigenvalue weighted by molar-refractivity contribution is 0.339. The molecular weight excluding hydrogens is 340 g/mol. The third kappa shape index (κ3) is 3.80. The van der Waals surface area contributed by atoms with E-state index in [0.29, 0.717) is 28.7 Å². The molecule has 2 aromatic rings. The molecule has 0 fully saturated rings. The highest BCUT2D eigenvalue weighted by Crippen LogP contribution is 2.25. The van der Waals surface area contributed by atoms with Crippen LogP contribution in [0, 0.1) is 0 Å². The minimum Gasteiger partial charge on any atom is -0.494 e. The Labute approximate surface area is 128 Å². The second-order valence-electron chi connectivity index (χ2n) is 4.13. The molecule has 0 bridgehead atoms. The van der Waals surface area contributed by atoms with Gasteiger partial charge in [-0.15, -0.1) is 0 Å². The Balaban J connectivity index is 2.22. The molecule has 1 atom stereocenters. The van der Waals surface area contributed by atoms with Crippen LogP contribution in [0.3, 0.4) is 0 Å². The van der Waals surface area contributed by atoms with Gasteiger partial charge in [0.25, 0.3) is 0 Å². The van der Waals surface area contributed by atoms with E-state index in [-0.39, 0.29) is 0 Å². The van der Waals surface area contributed by atoms with Crippen molar-refractivity contribution in [3.8, 4) is 5.75 Å². The summed E-state index contributed by atoms with van der Waals surface area (Å²) < 4.78 is 18.7. The smallest absolute Gasteiger partial charge is 0.120 e. The second kappa shape index (κ2) is 6.85. The summed E-state index contributed by atoms with van der Waals surface area (Å²) in [5.74, 6) is 1.05. The molecule has 1 aromatic heterocycles. The number of aromatic nitrogens is 1. The number of hydrogen-bond donors (Lipinski definition) is 1. The van der Waals surface area contributed by atoms with Crippen LogP contribution in [0.2, 0.25) is 0 Å². The minimum atomic E-state index is -1.23. The highest BCUT2D eigenvalue weighted by Gasteiger charge is 2.11. The quantitative estimate of drug-likeness (QED) is 0.837. The Morgan fingerprint density at radius 2 is 2.15 bits per heavy atom. The van der Waals surface area contributed by atoms with E-state index in [1.165, 1.54) is 0 Å². The summed E-state index contributed by atoms with van der Waals surface area (Å²) in [5.41, 5.74) is 7.29. The van der Waals surface area contributed by atoms with E-state index < -0.39 is 10.8 Å². The van der Waals surface area contributed by atoms with Crippen molar-refractivity contribution < 1.29 is 8.95 Å². The van der Waals surface area contributed by atoms with Gasteiger partial charge in [-0.3, -0.25) is 9.19 Å². The number of nitrogens with zero attached hydrogens (tertiary/aromatic N) is 1. The van der Waals surface area contributed by atoms with Gasteiger partial charge >= 0.3 is 0 Å². The van der Waals surface area contributed by atoms with Crippen molar-refractivity contribution in [2.45, 2.75) is 17.6 Å². The van der Waals surface area contributed by atoms with Gasteiger partial charge in [-0.2, -0.15) is 0 Å². The average Bonchev–Trinajstić information content (AvgIpc) is 2.41. The van der Waals surface area contributed by atoms with E-state index in [9.17, 15) is 4.21 Å². The standard InChI is InChI=1S/C14H15BrN2O2S/c1-2-19-12-3-4-13(16)14(6-12)20(18)9-10-5-11(15)8-17-7-10/h3-8H,2,9,16H2,1H3. The van der Waals surface area contributed by atoms with Gasteiger partial charge in [0.15, 0.2) is 0 Å². The Bertz CT molecular complexity index is 634. The summed E-state index contributed by atoms with van der Waals surface area (Å²) >= 11 is 3.35. The number of halogens is 1. The number of nitrogen functional groups attached to an aromatic ring is 1. The molecule has 0 saturated carbocycles. The molecule has 0 aliphatic carbocycles. The fraction of sp³-hybridized carbons (Fsp3) is 0.214. The molecule has 106 valence electrons. The van der Waals surface area contributed by atoms with E-state index in [2.05, 4.69) is 20.9 Å². The fourth-order valence-electron chi connectivity index (χ4n) is 1.73. The van der Waals surface area contributed by atoms with Gasteiger partial charge in [-0.05, 0) is 52.7 Å². The zero-order valence-corrected chi connectivity index (χ0v) is 13.4. The third-order valence-electron chi connectivity index (χ3n) is 2.60. The minimum absolute atomic E-state index is 0.367. The van der Waals surface area contributed by atoms with Crippen molar-refractivity contribution in [2.24, 2.45) is 0 Å². The lowest BCUT2D eigenvalue weighted by Gasteiger charge is -2.09. The number of nitrogens with two attached hydrogens (primary N) is 1. The molecule has 2 rings (SSSR count). The summed E-state index contributed by atoms with van der Waals surface area (Å²) in [6.45, 7) is 2.46. The molecule has 1 aromatic carbocycles. The first-order valence-corrected chi connectivity index (χ1v) is 8.21. The number of pyridine rings is 1. The van der Waals surface area contributed by atoms with E-state index in [1.807, 2.05) is 13.0 Å². The molecule has 1 unspecified atom stereocenters. The molecule has 0 amide bonds. The molecule has 1 heterocycles. The van der Waals surface area contributed by atoms with Gasteiger partial charge in [0.1, 0.15) is 5.75 Å². The second-order valence-corrected chi connectivity index (χ2v) is 6.47. The summed E-state index contributed by atoms with van der Waals surface area (Å²) in [7, 11) is -1.23.